The molecule has 0 bridgehead atoms. The summed E-state index contributed by atoms with van der Waals surface area (Å²) in [5, 5.41) is 10.9. The molecule has 0 fully saturated rings. The van der Waals surface area contributed by atoms with Gasteiger partial charge in [-0.25, -0.2) is 0 Å². The van der Waals surface area contributed by atoms with Crippen molar-refractivity contribution in [3.05, 3.63) is 47.8 Å². The molecular formula is C20H31N5O. The molecule has 6 heteroatoms. The molecule has 142 valence electrons. The van der Waals surface area contributed by atoms with Crippen molar-refractivity contribution in [2.24, 2.45) is 12.0 Å². The number of aryl methyl sites for hydroxylation is 1. The number of ether oxygens (including phenoxy) is 1. The van der Waals surface area contributed by atoms with Crippen LogP contribution in [0.3, 0.4) is 0 Å². The van der Waals surface area contributed by atoms with Crippen molar-refractivity contribution >= 4 is 5.96 Å². The van der Waals surface area contributed by atoms with Gasteiger partial charge in [0.2, 0.25) is 0 Å². The maximum Gasteiger partial charge on any atom is 0.191 e. The Balaban J connectivity index is 1.79. The van der Waals surface area contributed by atoms with Gasteiger partial charge in [0, 0.05) is 32.9 Å². The van der Waals surface area contributed by atoms with Gasteiger partial charge in [0.1, 0.15) is 5.75 Å². The van der Waals surface area contributed by atoms with Crippen molar-refractivity contribution in [3.8, 4) is 5.75 Å². The molecule has 0 saturated carbocycles. The Labute approximate surface area is 156 Å². The van der Waals surface area contributed by atoms with E-state index in [-0.39, 0.29) is 0 Å². The molecule has 0 saturated heterocycles. The molecule has 0 aliphatic rings. The van der Waals surface area contributed by atoms with Crippen molar-refractivity contribution in [2.45, 2.75) is 32.6 Å². The SMILES string of the molecule is CCNC(=NCCC(C)c1ccc(OC)cc1)NCCc1cnn(C)c1. The fourth-order valence-electron chi connectivity index (χ4n) is 2.74. The van der Waals surface area contributed by atoms with Gasteiger partial charge in [0.15, 0.2) is 5.96 Å². The molecule has 0 aliphatic carbocycles. The Morgan fingerprint density at radius 3 is 2.65 bits per heavy atom. The minimum Gasteiger partial charge on any atom is -0.497 e. The van der Waals surface area contributed by atoms with Crippen LogP contribution in [0.25, 0.3) is 0 Å². The highest BCUT2D eigenvalue weighted by molar-refractivity contribution is 5.79. The average Bonchev–Trinajstić information content (AvgIpc) is 3.07. The molecule has 2 N–H and O–H groups in total. The molecular weight excluding hydrogens is 326 g/mol. The molecule has 1 unspecified atom stereocenters. The van der Waals surface area contributed by atoms with Gasteiger partial charge in [-0.3, -0.25) is 9.67 Å². The first-order valence-electron chi connectivity index (χ1n) is 9.26. The van der Waals surface area contributed by atoms with Gasteiger partial charge >= 0.3 is 0 Å². The zero-order valence-electron chi connectivity index (χ0n) is 16.3. The maximum absolute atomic E-state index is 5.22. The first-order chi connectivity index (χ1) is 12.6. The van der Waals surface area contributed by atoms with Crippen LogP contribution < -0.4 is 15.4 Å². The topological polar surface area (TPSA) is 63.5 Å². The number of nitrogens with one attached hydrogen (secondary N) is 2. The quantitative estimate of drug-likeness (QED) is 0.535. The average molecular weight is 358 g/mol. The molecule has 26 heavy (non-hydrogen) atoms. The monoisotopic (exact) mass is 357 g/mol. The van der Waals surface area contributed by atoms with Gasteiger partial charge < -0.3 is 15.4 Å². The predicted molar refractivity (Wildman–Crippen MR) is 107 cm³/mol. The number of aliphatic imine (C=N–C) groups is 1. The smallest absolute Gasteiger partial charge is 0.191 e. The summed E-state index contributed by atoms with van der Waals surface area (Å²) < 4.78 is 7.04. The van der Waals surface area contributed by atoms with E-state index in [0.29, 0.717) is 5.92 Å². The Morgan fingerprint density at radius 2 is 2.04 bits per heavy atom. The van der Waals surface area contributed by atoms with E-state index in [9.17, 15) is 0 Å². The molecule has 2 rings (SSSR count). The van der Waals surface area contributed by atoms with Crippen molar-refractivity contribution in [2.75, 3.05) is 26.7 Å². The van der Waals surface area contributed by atoms with Crippen LogP contribution in [-0.4, -0.2) is 42.5 Å². The number of hydrogen-bond donors (Lipinski definition) is 2. The lowest BCUT2D eigenvalue weighted by Gasteiger charge is -2.13. The summed E-state index contributed by atoms with van der Waals surface area (Å²) in [4.78, 5) is 4.70. The molecule has 0 radical (unpaired) electrons. The molecule has 1 atom stereocenters. The number of nitrogens with zero attached hydrogens (tertiary/aromatic N) is 3. The largest absolute Gasteiger partial charge is 0.497 e. The summed E-state index contributed by atoms with van der Waals surface area (Å²) in [5.74, 6) is 2.23. The second-order valence-corrected chi connectivity index (χ2v) is 6.42. The van der Waals surface area contributed by atoms with Gasteiger partial charge in [0.25, 0.3) is 0 Å². The molecule has 1 aromatic heterocycles. The van der Waals surface area contributed by atoms with Crippen LogP contribution in [0, 0.1) is 0 Å². The zero-order valence-corrected chi connectivity index (χ0v) is 16.3. The van der Waals surface area contributed by atoms with Crippen LogP contribution >= 0.6 is 0 Å². The van der Waals surface area contributed by atoms with Crippen LogP contribution in [0.1, 0.15) is 37.3 Å². The maximum atomic E-state index is 5.22. The Bertz CT molecular complexity index is 678. The minimum absolute atomic E-state index is 0.461. The highest BCUT2D eigenvalue weighted by Crippen LogP contribution is 2.21. The fourth-order valence-corrected chi connectivity index (χ4v) is 2.74. The third kappa shape index (κ3) is 6.43. The highest BCUT2D eigenvalue weighted by atomic mass is 16.5. The van der Waals surface area contributed by atoms with Gasteiger partial charge in [-0.1, -0.05) is 19.1 Å². The van der Waals surface area contributed by atoms with E-state index in [1.165, 1.54) is 11.1 Å². The van der Waals surface area contributed by atoms with Gasteiger partial charge in [-0.2, -0.15) is 5.10 Å². The molecule has 6 nitrogen and oxygen atoms in total. The molecule has 2 aromatic rings. The van der Waals surface area contributed by atoms with E-state index >= 15 is 0 Å². The standard InChI is InChI=1S/C20H31N5O/c1-5-21-20(23-13-11-17-14-24-25(3)15-17)22-12-10-16(2)18-6-8-19(26-4)9-7-18/h6-9,14-16H,5,10-13H2,1-4H3,(H2,21,22,23). The van der Waals surface area contributed by atoms with E-state index in [0.717, 1.165) is 44.2 Å². The molecule has 1 aromatic carbocycles. The number of hydrogen-bond acceptors (Lipinski definition) is 3. The van der Waals surface area contributed by atoms with Crippen LogP contribution in [0.5, 0.6) is 5.75 Å². The lowest BCUT2D eigenvalue weighted by atomic mass is 9.98. The van der Waals surface area contributed by atoms with Gasteiger partial charge in [0.05, 0.1) is 13.3 Å². The number of aromatic nitrogens is 2. The molecule has 0 aliphatic heterocycles. The summed E-state index contributed by atoms with van der Waals surface area (Å²) in [6.07, 6.45) is 5.89. The predicted octanol–water partition coefficient (Wildman–Crippen LogP) is 2.72. The van der Waals surface area contributed by atoms with Crippen molar-refractivity contribution in [1.82, 2.24) is 20.4 Å². The summed E-state index contributed by atoms with van der Waals surface area (Å²) in [7, 11) is 3.63. The van der Waals surface area contributed by atoms with E-state index < -0.39 is 0 Å². The van der Waals surface area contributed by atoms with E-state index in [4.69, 9.17) is 9.73 Å². The first-order valence-corrected chi connectivity index (χ1v) is 9.26. The summed E-state index contributed by atoms with van der Waals surface area (Å²) >= 11 is 0. The van der Waals surface area contributed by atoms with Crippen LogP contribution in [0.15, 0.2) is 41.7 Å². The van der Waals surface area contributed by atoms with E-state index in [2.05, 4.69) is 41.7 Å². The lowest BCUT2D eigenvalue weighted by Crippen LogP contribution is -2.38. The van der Waals surface area contributed by atoms with Gasteiger partial charge in [-0.05, 0) is 48.9 Å². The second kappa shape index (κ2) is 10.5. The molecule has 1 heterocycles. The Hall–Kier alpha value is -2.50. The lowest BCUT2D eigenvalue weighted by molar-refractivity contribution is 0.414. The summed E-state index contributed by atoms with van der Waals surface area (Å²) in [6.45, 7) is 6.80. The zero-order chi connectivity index (χ0) is 18.8. The van der Waals surface area contributed by atoms with Gasteiger partial charge in [-0.15, -0.1) is 0 Å². The van der Waals surface area contributed by atoms with E-state index in [1.54, 1.807) is 7.11 Å². The highest BCUT2D eigenvalue weighted by Gasteiger charge is 2.06. The normalized spacial score (nSPS) is 12.7. The first kappa shape index (κ1) is 19.8. The fraction of sp³-hybridized carbons (Fsp3) is 0.500. The third-order valence-corrected chi connectivity index (χ3v) is 4.33. The second-order valence-electron chi connectivity index (χ2n) is 6.42. The summed E-state index contributed by atoms with van der Waals surface area (Å²) in [5.41, 5.74) is 2.54. The van der Waals surface area contributed by atoms with Crippen LogP contribution in [-0.2, 0) is 13.5 Å². The molecule has 0 amide bonds. The number of methoxy groups -OCH3 is 1. The van der Waals surface area contributed by atoms with Crippen LogP contribution in [0.4, 0.5) is 0 Å². The van der Waals surface area contributed by atoms with Crippen molar-refractivity contribution in [3.63, 3.8) is 0 Å². The summed E-state index contributed by atoms with van der Waals surface area (Å²) in [6, 6.07) is 8.29. The third-order valence-electron chi connectivity index (χ3n) is 4.33. The van der Waals surface area contributed by atoms with E-state index in [1.807, 2.05) is 36.3 Å². The van der Waals surface area contributed by atoms with Crippen molar-refractivity contribution in [1.29, 1.82) is 0 Å². The van der Waals surface area contributed by atoms with Crippen molar-refractivity contribution < 1.29 is 4.74 Å². The Kier molecular flexibility index (Phi) is 7.99. The minimum atomic E-state index is 0.461. The number of rotatable bonds is 9. The Morgan fingerprint density at radius 1 is 1.27 bits per heavy atom. The molecule has 0 spiro atoms. The number of benzene rings is 1. The van der Waals surface area contributed by atoms with Crippen LogP contribution in [0.2, 0.25) is 0 Å². The number of guanidine groups is 1.